The van der Waals surface area contributed by atoms with Crippen LogP contribution in [0.5, 0.6) is 0 Å². The molecule has 0 saturated carbocycles. The quantitative estimate of drug-likeness (QED) is 0.818. The minimum atomic E-state index is -4.34. The zero-order valence-electron chi connectivity index (χ0n) is 10.6. The van der Waals surface area contributed by atoms with Crippen LogP contribution in [0.2, 0.25) is 0 Å². The van der Waals surface area contributed by atoms with Crippen LogP contribution in [0.4, 0.5) is 13.2 Å². The van der Waals surface area contributed by atoms with E-state index in [-0.39, 0.29) is 12.8 Å². The summed E-state index contributed by atoms with van der Waals surface area (Å²) in [4.78, 5) is 0. The largest absolute Gasteiger partial charge is 0.406 e. The number of rotatable bonds is 6. The molecule has 0 spiro atoms. The highest BCUT2D eigenvalue weighted by molar-refractivity contribution is 5.15. The zero-order chi connectivity index (χ0) is 13.6. The predicted molar refractivity (Wildman–Crippen MR) is 67.3 cm³/mol. The Morgan fingerprint density at radius 2 is 1.67 bits per heavy atom. The van der Waals surface area contributed by atoms with E-state index in [0.29, 0.717) is 12.8 Å². The molecule has 0 aliphatic rings. The molecule has 1 rings (SSSR count). The van der Waals surface area contributed by atoms with Gasteiger partial charge in [-0.3, -0.25) is 0 Å². The van der Waals surface area contributed by atoms with Gasteiger partial charge in [0.1, 0.15) is 5.54 Å². The van der Waals surface area contributed by atoms with Crippen LogP contribution in [0.25, 0.3) is 0 Å². The molecule has 1 nitrogen and oxygen atoms in total. The van der Waals surface area contributed by atoms with Crippen molar-refractivity contribution in [3.8, 4) is 0 Å². The van der Waals surface area contributed by atoms with Crippen molar-refractivity contribution in [1.29, 1.82) is 0 Å². The normalized spacial score (nSPS) is 15.4. The lowest BCUT2D eigenvalue weighted by Crippen LogP contribution is -2.53. The van der Waals surface area contributed by atoms with Gasteiger partial charge in [-0.15, -0.1) is 0 Å². The molecule has 0 amide bonds. The Kier molecular flexibility index (Phi) is 5.20. The number of benzene rings is 1. The second-order valence-corrected chi connectivity index (χ2v) is 4.74. The Labute approximate surface area is 106 Å². The maximum absolute atomic E-state index is 13.0. The number of unbranched alkanes of at least 4 members (excludes halogenated alkanes) is 1. The van der Waals surface area contributed by atoms with Gasteiger partial charge in [-0.2, -0.15) is 13.2 Å². The number of halogens is 3. The van der Waals surface area contributed by atoms with E-state index in [9.17, 15) is 13.2 Å². The first-order valence-corrected chi connectivity index (χ1v) is 6.28. The van der Waals surface area contributed by atoms with Crippen LogP contribution in [-0.2, 0) is 6.42 Å². The molecule has 0 bridgehead atoms. The van der Waals surface area contributed by atoms with Crippen molar-refractivity contribution in [2.75, 3.05) is 0 Å². The van der Waals surface area contributed by atoms with Crippen LogP contribution in [0.15, 0.2) is 30.3 Å². The second kappa shape index (κ2) is 6.23. The van der Waals surface area contributed by atoms with Crippen molar-refractivity contribution in [1.82, 2.24) is 0 Å². The predicted octanol–water partition coefficient (Wildman–Crippen LogP) is 4.07. The van der Waals surface area contributed by atoms with Crippen molar-refractivity contribution in [2.24, 2.45) is 5.73 Å². The first-order chi connectivity index (χ1) is 8.39. The first-order valence-electron chi connectivity index (χ1n) is 6.28. The fourth-order valence-electron chi connectivity index (χ4n) is 1.91. The van der Waals surface area contributed by atoms with E-state index < -0.39 is 11.7 Å². The molecule has 0 heterocycles. The average Bonchev–Trinajstić information content (AvgIpc) is 2.34. The number of hydrogen-bond donors (Lipinski definition) is 1. The molecule has 1 unspecified atom stereocenters. The molecule has 0 aromatic heterocycles. The number of aryl methyl sites for hydroxylation is 1. The van der Waals surface area contributed by atoms with Gasteiger partial charge in [0.05, 0.1) is 0 Å². The summed E-state index contributed by atoms with van der Waals surface area (Å²) >= 11 is 0. The van der Waals surface area contributed by atoms with Gasteiger partial charge in [0, 0.05) is 0 Å². The van der Waals surface area contributed by atoms with Crippen molar-refractivity contribution >= 4 is 0 Å². The Morgan fingerprint density at radius 1 is 1.06 bits per heavy atom. The topological polar surface area (TPSA) is 26.0 Å². The van der Waals surface area contributed by atoms with Gasteiger partial charge in [0.25, 0.3) is 0 Å². The van der Waals surface area contributed by atoms with Crippen molar-refractivity contribution in [3.05, 3.63) is 35.9 Å². The standard InChI is InChI=1S/C14H20F3N/c1-2-3-10-13(18,14(15,16)17)11-9-12-7-5-4-6-8-12/h4-8H,2-3,9-11,18H2,1H3. The monoisotopic (exact) mass is 259 g/mol. The van der Waals surface area contributed by atoms with E-state index in [1.165, 1.54) is 0 Å². The highest BCUT2D eigenvalue weighted by Gasteiger charge is 2.50. The molecule has 1 aromatic carbocycles. The Balaban J connectivity index is 2.68. The van der Waals surface area contributed by atoms with E-state index in [2.05, 4.69) is 0 Å². The summed E-state index contributed by atoms with van der Waals surface area (Å²) in [5.41, 5.74) is 4.42. The van der Waals surface area contributed by atoms with Crippen LogP contribution in [-0.4, -0.2) is 11.7 Å². The molecule has 18 heavy (non-hydrogen) atoms. The molecule has 0 fully saturated rings. The van der Waals surface area contributed by atoms with Crippen molar-refractivity contribution < 1.29 is 13.2 Å². The van der Waals surface area contributed by atoms with Gasteiger partial charge in [0.2, 0.25) is 0 Å². The molecule has 1 atom stereocenters. The molecule has 102 valence electrons. The third-order valence-corrected chi connectivity index (χ3v) is 3.24. The number of hydrogen-bond acceptors (Lipinski definition) is 1. The second-order valence-electron chi connectivity index (χ2n) is 4.74. The lowest BCUT2D eigenvalue weighted by Gasteiger charge is -2.32. The molecule has 0 saturated heterocycles. The fraction of sp³-hybridized carbons (Fsp3) is 0.571. The summed E-state index contributed by atoms with van der Waals surface area (Å²) in [5.74, 6) is 0. The van der Waals surface area contributed by atoms with Crippen LogP contribution in [0.3, 0.4) is 0 Å². The van der Waals surface area contributed by atoms with Crippen LogP contribution < -0.4 is 5.73 Å². The van der Waals surface area contributed by atoms with Gasteiger partial charge in [0.15, 0.2) is 0 Å². The van der Waals surface area contributed by atoms with E-state index in [4.69, 9.17) is 5.73 Å². The van der Waals surface area contributed by atoms with Gasteiger partial charge in [-0.25, -0.2) is 0 Å². The summed E-state index contributed by atoms with van der Waals surface area (Å²) in [7, 11) is 0. The highest BCUT2D eigenvalue weighted by atomic mass is 19.4. The van der Waals surface area contributed by atoms with Crippen molar-refractivity contribution in [3.63, 3.8) is 0 Å². The zero-order valence-corrected chi connectivity index (χ0v) is 10.6. The number of nitrogens with two attached hydrogens (primary N) is 1. The third kappa shape index (κ3) is 4.02. The van der Waals surface area contributed by atoms with Gasteiger partial charge < -0.3 is 5.73 Å². The summed E-state index contributed by atoms with van der Waals surface area (Å²) in [5, 5.41) is 0. The molecule has 0 aliphatic heterocycles. The Hall–Kier alpha value is -1.03. The van der Waals surface area contributed by atoms with Gasteiger partial charge in [-0.1, -0.05) is 50.1 Å². The summed E-state index contributed by atoms with van der Waals surface area (Å²) in [6.07, 6.45) is -2.80. The molecule has 4 heteroatoms. The maximum Gasteiger partial charge on any atom is 0.406 e. The maximum atomic E-state index is 13.0. The minimum Gasteiger partial charge on any atom is -0.318 e. The SMILES string of the molecule is CCCCC(N)(CCc1ccccc1)C(F)(F)F. The van der Waals surface area contributed by atoms with Crippen molar-refractivity contribution in [2.45, 2.75) is 50.7 Å². The van der Waals surface area contributed by atoms with E-state index in [1.807, 2.05) is 37.3 Å². The molecular formula is C14H20F3N. The lowest BCUT2D eigenvalue weighted by atomic mass is 9.86. The van der Waals surface area contributed by atoms with Crippen LogP contribution in [0, 0.1) is 0 Å². The minimum absolute atomic E-state index is 0.000165. The summed E-state index contributed by atoms with van der Waals surface area (Å²) in [6, 6.07) is 9.16. The van der Waals surface area contributed by atoms with Crippen LogP contribution >= 0.6 is 0 Å². The molecule has 0 aliphatic carbocycles. The summed E-state index contributed by atoms with van der Waals surface area (Å²) < 4.78 is 39.0. The fourth-order valence-corrected chi connectivity index (χ4v) is 1.91. The van der Waals surface area contributed by atoms with E-state index in [0.717, 1.165) is 12.0 Å². The van der Waals surface area contributed by atoms with E-state index >= 15 is 0 Å². The van der Waals surface area contributed by atoms with Gasteiger partial charge >= 0.3 is 6.18 Å². The van der Waals surface area contributed by atoms with E-state index in [1.54, 1.807) is 0 Å². The highest BCUT2D eigenvalue weighted by Crippen LogP contribution is 2.35. The molecule has 0 radical (unpaired) electrons. The molecular weight excluding hydrogens is 239 g/mol. The Bertz CT molecular complexity index is 348. The molecule has 1 aromatic rings. The Morgan fingerprint density at radius 3 is 2.17 bits per heavy atom. The van der Waals surface area contributed by atoms with Gasteiger partial charge in [-0.05, 0) is 24.8 Å². The average molecular weight is 259 g/mol. The number of alkyl halides is 3. The first kappa shape index (κ1) is 15.0. The van der Waals surface area contributed by atoms with Crippen LogP contribution in [0.1, 0.15) is 38.2 Å². The molecule has 2 N–H and O–H groups in total. The smallest absolute Gasteiger partial charge is 0.318 e. The third-order valence-electron chi connectivity index (χ3n) is 3.24. The lowest BCUT2D eigenvalue weighted by molar-refractivity contribution is -0.190. The summed E-state index contributed by atoms with van der Waals surface area (Å²) in [6.45, 7) is 1.87.